The molecule has 0 spiro atoms. The van der Waals surface area contributed by atoms with Crippen molar-refractivity contribution in [3.8, 4) is 0 Å². The fraction of sp³-hybridized carbons (Fsp3) is 0.935. The number of carbonyl (C=O) groups excluding carboxylic acids is 2. The number of allylic oxidation sites excluding steroid dienone is 2. The normalized spacial score (nSPS) is 28.0. The van der Waals surface area contributed by atoms with E-state index >= 15 is 0 Å². The second-order valence-corrected chi connectivity index (χ2v) is 26.7. The molecular formula is C62H118N6O2S. The van der Waals surface area contributed by atoms with Crippen LogP contribution in [0.2, 0.25) is 0 Å². The van der Waals surface area contributed by atoms with E-state index in [0.29, 0.717) is 33.8 Å². The van der Waals surface area contributed by atoms with Crippen molar-refractivity contribution >= 4 is 23.6 Å². The summed E-state index contributed by atoms with van der Waals surface area (Å²) in [6, 6.07) is -0.517. The molecule has 4 rings (SSSR count). The summed E-state index contributed by atoms with van der Waals surface area (Å²) >= 11 is 1.94. The molecule has 2 amide bonds. The highest BCUT2D eigenvalue weighted by Gasteiger charge is 2.68. The van der Waals surface area contributed by atoms with Gasteiger partial charge in [0.2, 0.25) is 11.8 Å². The summed E-state index contributed by atoms with van der Waals surface area (Å²) in [7, 11) is 0. The molecule has 8 nitrogen and oxygen atoms in total. The van der Waals surface area contributed by atoms with Gasteiger partial charge in [-0.05, 0) is 168 Å². The molecule has 9 heteroatoms. The molecule has 0 aliphatic heterocycles. The lowest BCUT2D eigenvalue weighted by molar-refractivity contribution is -0.161. The molecule has 0 unspecified atom stereocenters. The molecule has 0 aromatic heterocycles. The Morgan fingerprint density at radius 1 is 0.634 bits per heavy atom. The number of unbranched alkanes of at least 4 members (excludes halogenated alkanes) is 16. The van der Waals surface area contributed by atoms with Gasteiger partial charge in [0.25, 0.3) is 0 Å². The SMILES string of the molecule is CCCCCCCCCCCCCCCCCCNC(=O)[C@H](CS[C@@H]1CC[C@@]2(C)C(=CC[C@@H]3[C@]2(C)CC[C@]2(C)[C@@H]([C@H](C)CCCC(C)C)CC[C@@]32C)C1)NC(=O)CNCCCNCCCCNCCCN. The van der Waals surface area contributed by atoms with Crippen LogP contribution in [0.4, 0.5) is 0 Å². The maximum Gasteiger partial charge on any atom is 0.243 e. The molecule has 0 heterocycles. The fourth-order valence-electron chi connectivity index (χ4n) is 14.8. The van der Waals surface area contributed by atoms with Crippen LogP contribution >= 0.6 is 11.8 Å². The van der Waals surface area contributed by atoms with E-state index in [4.69, 9.17) is 5.73 Å². The number of hydrogen-bond donors (Lipinski definition) is 6. The fourth-order valence-corrected chi connectivity index (χ4v) is 16.1. The summed E-state index contributed by atoms with van der Waals surface area (Å²) in [6.45, 7) is 26.9. The maximum atomic E-state index is 13.9. The van der Waals surface area contributed by atoms with Gasteiger partial charge in [-0.1, -0.05) is 183 Å². The summed E-state index contributed by atoms with van der Waals surface area (Å²) in [5.41, 5.74) is 8.67. The first-order valence-electron chi connectivity index (χ1n) is 31.0. The molecule has 0 bridgehead atoms. The predicted molar refractivity (Wildman–Crippen MR) is 309 cm³/mol. The highest BCUT2D eigenvalue weighted by molar-refractivity contribution is 8.00. The summed E-state index contributed by atoms with van der Waals surface area (Å²) in [6.07, 6.45) is 43.0. The molecule has 0 aromatic rings. The van der Waals surface area contributed by atoms with Gasteiger partial charge in [-0.3, -0.25) is 9.59 Å². The number of amides is 2. The summed E-state index contributed by atoms with van der Waals surface area (Å²) in [4.78, 5) is 27.3. The van der Waals surface area contributed by atoms with E-state index in [9.17, 15) is 9.59 Å². The number of carbonyl (C=O) groups is 2. The highest BCUT2D eigenvalue weighted by atomic mass is 32.2. The summed E-state index contributed by atoms with van der Waals surface area (Å²) in [5.74, 6) is 3.76. The van der Waals surface area contributed by atoms with Crippen LogP contribution in [0.3, 0.4) is 0 Å². The zero-order chi connectivity index (χ0) is 51.4. The molecule has 0 radical (unpaired) electrons. The molecule has 71 heavy (non-hydrogen) atoms. The van der Waals surface area contributed by atoms with Crippen LogP contribution in [-0.4, -0.2) is 81.2 Å². The van der Waals surface area contributed by atoms with Crippen molar-refractivity contribution in [3.05, 3.63) is 11.6 Å². The van der Waals surface area contributed by atoms with E-state index in [0.717, 1.165) is 108 Å². The predicted octanol–water partition coefficient (Wildman–Crippen LogP) is 14.1. The van der Waals surface area contributed by atoms with E-state index in [1.165, 1.54) is 154 Å². The zero-order valence-electron chi connectivity index (χ0n) is 48.1. The molecule has 3 fully saturated rings. The van der Waals surface area contributed by atoms with Crippen molar-refractivity contribution < 1.29 is 9.59 Å². The molecule has 0 saturated heterocycles. The quantitative estimate of drug-likeness (QED) is 0.0267. The van der Waals surface area contributed by atoms with Crippen LogP contribution in [0, 0.1) is 45.3 Å². The lowest BCUT2D eigenvalue weighted by Crippen LogP contribution is -2.60. The molecule has 4 aliphatic carbocycles. The van der Waals surface area contributed by atoms with Crippen molar-refractivity contribution in [2.24, 2.45) is 51.1 Å². The van der Waals surface area contributed by atoms with E-state index in [2.05, 4.69) is 88.0 Å². The van der Waals surface area contributed by atoms with Gasteiger partial charge in [-0.15, -0.1) is 0 Å². The average Bonchev–Trinajstić information content (AvgIpc) is 3.63. The molecule has 3 saturated carbocycles. The van der Waals surface area contributed by atoms with Crippen molar-refractivity contribution in [2.45, 2.75) is 266 Å². The molecule has 7 N–H and O–H groups in total. The van der Waals surface area contributed by atoms with Crippen molar-refractivity contribution in [1.29, 1.82) is 0 Å². The van der Waals surface area contributed by atoms with Crippen LogP contribution in [0.15, 0.2) is 11.6 Å². The number of fused-ring (bicyclic) bond motifs is 5. The Kier molecular flexibility index (Phi) is 29.7. The van der Waals surface area contributed by atoms with Crippen LogP contribution in [0.5, 0.6) is 0 Å². The van der Waals surface area contributed by atoms with E-state index in [1.807, 2.05) is 11.8 Å². The number of hydrogen-bond acceptors (Lipinski definition) is 7. The maximum absolute atomic E-state index is 13.9. The van der Waals surface area contributed by atoms with Crippen molar-refractivity contribution in [3.63, 3.8) is 0 Å². The number of nitrogens with one attached hydrogen (secondary N) is 5. The number of rotatable bonds is 41. The van der Waals surface area contributed by atoms with Gasteiger partial charge in [0.15, 0.2) is 0 Å². The van der Waals surface area contributed by atoms with Gasteiger partial charge >= 0.3 is 0 Å². The Bertz CT molecular complexity index is 1490. The topological polar surface area (TPSA) is 120 Å². The van der Waals surface area contributed by atoms with Crippen molar-refractivity contribution in [1.82, 2.24) is 26.6 Å². The highest BCUT2D eigenvalue weighted by Crippen LogP contribution is 2.76. The average molecular weight is 1010 g/mol. The Morgan fingerprint density at radius 3 is 1.82 bits per heavy atom. The molecule has 414 valence electrons. The van der Waals surface area contributed by atoms with E-state index in [1.54, 1.807) is 5.57 Å². The lowest BCUT2D eigenvalue weighted by atomic mass is 9.37. The first-order valence-corrected chi connectivity index (χ1v) is 32.0. The second kappa shape index (κ2) is 33.8. The van der Waals surface area contributed by atoms with Crippen LogP contribution < -0.4 is 32.3 Å². The van der Waals surface area contributed by atoms with Gasteiger partial charge in [0.1, 0.15) is 6.04 Å². The first-order chi connectivity index (χ1) is 34.3. The lowest BCUT2D eigenvalue weighted by Gasteiger charge is -2.68. The van der Waals surface area contributed by atoms with Crippen LogP contribution in [-0.2, 0) is 9.59 Å². The summed E-state index contributed by atoms with van der Waals surface area (Å²) in [5, 5.41) is 17.3. The monoisotopic (exact) mass is 1010 g/mol. The van der Waals surface area contributed by atoms with Gasteiger partial charge in [-0.2, -0.15) is 11.8 Å². The van der Waals surface area contributed by atoms with Crippen LogP contribution in [0.1, 0.15) is 254 Å². The first kappa shape index (κ1) is 62.4. The van der Waals surface area contributed by atoms with Crippen molar-refractivity contribution in [2.75, 3.05) is 58.1 Å². The largest absolute Gasteiger partial charge is 0.354 e. The summed E-state index contributed by atoms with van der Waals surface area (Å²) < 4.78 is 0. The van der Waals surface area contributed by atoms with E-state index < -0.39 is 6.04 Å². The minimum atomic E-state index is -0.517. The molecule has 0 aromatic carbocycles. The molecular weight excluding hydrogens is 893 g/mol. The van der Waals surface area contributed by atoms with Gasteiger partial charge < -0.3 is 32.3 Å². The minimum Gasteiger partial charge on any atom is -0.354 e. The van der Waals surface area contributed by atoms with E-state index in [-0.39, 0.29) is 23.8 Å². The molecule has 9 atom stereocenters. The minimum absolute atomic E-state index is 0.0129. The number of nitrogens with two attached hydrogens (primary N) is 1. The zero-order valence-corrected chi connectivity index (χ0v) is 48.9. The molecule has 4 aliphatic rings. The van der Waals surface area contributed by atoms with Gasteiger partial charge in [0.05, 0.1) is 6.54 Å². The van der Waals surface area contributed by atoms with Crippen LogP contribution in [0.25, 0.3) is 0 Å². The third-order valence-electron chi connectivity index (χ3n) is 19.9. The third kappa shape index (κ3) is 19.4. The standard InChI is InChI=1S/C62H118N6O2S/c1-9-10-11-12-13-14-15-16-17-18-19-20-21-22-23-24-46-67-58(70)55(68-57(69)48-66-45-29-44-65-42-26-25-41-64-43-28-40-63)49-71-53-34-36-59(5)52(47-53)32-33-56-61(7)37-35-54(51(4)31-27-30-50(2)3)60(61,6)38-39-62(56,59)8/h32,50-51,53-56,64-66H,9-31,33-49,63H2,1-8H3,(H,67,70)(H,68,69)/t51-,53-,54-,55+,56+,59+,60-,61+,62+/m1/s1. The Morgan fingerprint density at radius 2 is 1.20 bits per heavy atom. The Balaban J connectivity index is 1.23. The third-order valence-corrected chi connectivity index (χ3v) is 21.3. The smallest absolute Gasteiger partial charge is 0.243 e. The van der Waals surface area contributed by atoms with Gasteiger partial charge in [0, 0.05) is 17.5 Å². The Hall–Kier alpha value is -1.13. The van der Waals surface area contributed by atoms with Gasteiger partial charge in [-0.25, -0.2) is 0 Å². The second-order valence-electron chi connectivity index (χ2n) is 25.3. The Labute approximate surface area is 444 Å². The number of thioether (sulfide) groups is 1.